The fourth-order valence-electron chi connectivity index (χ4n) is 2.76. The van der Waals surface area contributed by atoms with Gasteiger partial charge < -0.3 is 19.4 Å². The molecule has 2 rings (SSSR count). The van der Waals surface area contributed by atoms with Crippen molar-refractivity contribution in [2.24, 2.45) is 0 Å². The SMILES string of the molecule is CCOC(=O)c1c(NC(=O)CN(C)Cc2ccc(C)o2)sc(C(=O)N(C)C)c1C. The molecule has 1 N–H and O–H groups in total. The Balaban J connectivity index is 2.18. The Kier molecular flexibility index (Phi) is 7.58. The van der Waals surface area contributed by atoms with Gasteiger partial charge in [0, 0.05) is 14.1 Å². The first-order valence-electron chi connectivity index (χ1n) is 9.19. The molecule has 2 amide bonds. The summed E-state index contributed by atoms with van der Waals surface area (Å²) >= 11 is 1.08. The van der Waals surface area contributed by atoms with E-state index in [-0.39, 0.29) is 30.5 Å². The molecular weight excluding hydrogens is 394 g/mol. The molecule has 0 aliphatic carbocycles. The molecule has 2 aromatic rings. The molecule has 0 aliphatic heterocycles. The molecule has 8 nitrogen and oxygen atoms in total. The quantitative estimate of drug-likeness (QED) is 0.659. The number of hydrogen-bond acceptors (Lipinski definition) is 7. The summed E-state index contributed by atoms with van der Waals surface area (Å²) in [6, 6.07) is 3.73. The summed E-state index contributed by atoms with van der Waals surface area (Å²) in [5.74, 6) is 0.476. The Morgan fingerprint density at radius 1 is 1.17 bits per heavy atom. The summed E-state index contributed by atoms with van der Waals surface area (Å²) in [7, 11) is 5.06. The van der Waals surface area contributed by atoms with Gasteiger partial charge in [0.05, 0.1) is 30.1 Å². The van der Waals surface area contributed by atoms with Crippen molar-refractivity contribution in [2.75, 3.05) is 39.6 Å². The van der Waals surface area contributed by atoms with Gasteiger partial charge in [-0.2, -0.15) is 0 Å². The Labute approximate surface area is 174 Å². The van der Waals surface area contributed by atoms with E-state index in [0.717, 1.165) is 22.9 Å². The highest BCUT2D eigenvalue weighted by molar-refractivity contribution is 7.18. The molecule has 0 saturated carbocycles. The first-order chi connectivity index (χ1) is 13.6. The number of aryl methyl sites for hydroxylation is 1. The maximum Gasteiger partial charge on any atom is 0.341 e. The topological polar surface area (TPSA) is 92.1 Å². The van der Waals surface area contributed by atoms with Crippen LogP contribution >= 0.6 is 11.3 Å². The molecule has 0 radical (unpaired) electrons. The maximum absolute atomic E-state index is 12.6. The molecule has 9 heteroatoms. The predicted molar refractivity (Wildman–Crippen MR) is 111 cm³/mol. The Morgan fingerprint density at radius 2 is 1.86 bits per heavy atom. The van der Waals surface area contributed by atoms with E-state index in [0.29, 0.717) is 22.0 Å². The fourth-order valence-corrected chi connectivity index (χ4v) is 3.99. The van der Waals surface area contributed by atoms with Crippen LogP contribution in [0.3, 0.4) is 0 Å². The summed E-state index contributed by atoms with van der Waals surface area (Å²) in [4.78, 5) is 41.0. The lowest BCUT2D eigenvalue weighted by Gasteiger charge is -2.15. The normalized spacial score (nSPS) is 10.9. The minimum atomic E-state index is -0.561. The Morgan fingerprint density at radius 3 is 2.41 bits per heavy atom. The average Bonchev–Trinajstić information content (AvgIpc) is 3.16. The first-order valence-corrected chi connectivity index (χ1v) is 10.0. The Bertz CT molecular complexity index is 900. The van der Waals surface area contributed by atoms with E-state index in [4.69, 9.17) is 9.15 Å². The highest BCUT2D eigenvalue weighted by Gasteiger charge is 2.27. The van der Waals surface area contributed by atoms with Gasteiger partial charge in [0.2, 0.25) is 5.91 Å². The zero-order chi connectivity index (χ0) is 21.7. The number of furan rings is 1. The van der Waals surface area contributed by atoms with Crippen molar-refractivity contribution >= 4 is 34.1 Å². The molecule has 29 heavy (non-hydrogen) atoms. The number of ether oxygens (including phenoxy) is 1. The van der Waals surface area contributed by atoms with Crippen LogP contribution in [-0.4, -0.2) is 61.9 Å². The standard InChI is InChI=1S/C20H27N3O5S/c1-7-27-20(26)16-13(3)17(19(25)22(4)5)29-18(16)21-15(24)11-23(6)10-14-9-8-12(2)28-14/h8-9H,7,10-11H2,1-6H3,(H,21,24). The molecule has 0 fully saturated rings. The van der Waals surface area contributed by atoms with Crippen LogP contribution in [0.4, 0.5) is 5.00 Å². The predicted octanol–water partition coefficient (Wildman–Crippen LogP) is 2.91. The minimum absolute atomic E-state index is 0.0932. The number of esters is 1. The van der Waals surface area contributed by atoms with Gasteiger partial charge in [-0.3, -0.25) is 14.5 Å². The van der Waals surface area contributed by atoms with Crippen molar-refractivity contribution in [1.82, 2.24) is 9.80 Å². The lowest BCUT2D eigenvalue weighted by molar-refractivity contribution is -0.117. The molecule has 0 aromatic carbocycles. The van der Waals surface area contributed by atoms with Crippen molar-refractivity contribution < 1.29 is 23.5 Å². The number of nitrogens with zero attached hydrogens (tertiary/aromatic N) is 2. The zero-order valence-electron chi connectivity index (χ0n) is 17.6. The number of likely N-dealkylation sites (N-methyl/N-ethyl adjacent to an activating group) is 1. The van der Waals surface area contributed by atoms with Crippen molar-refractivity contribution in [3.63, 3.8) is 0 Å². The van der Waals surface area contributed by atoms with E-state index in [1.807, 2.05) is 19.1 Å². The highest BCUT2D eigenvalue weighted by Crippen LogP contribution is 2.34. The fraction of sp³-hybridized carbons (Fsp3) is 0.450. The van der Waals surface area contributed by atoms with Gasteiger partial charge in [-0.1, -0.05) is 0 Å². The molecule has 0 saturated heterocycles. The average molecular weight is 422 g/mol. The number of anilines is 1. The third-order valence-electron chi connectivity index (χ3n) is 4.12. The van der Waals surface area contributed by atoms with Crippen LogP contribution in [0.2, 0.25) is 0 Å². The number of rotatable bonds is 8. The summed E-state index contributed by atoms with van der Waals surface area (Å²) in [5, 5.41) is 3.08. The van der Waals surface area contributed by atoms with Crippen LogP contribution in [0, 0.1) is 13.8 Å². The monoisotopic (exact) mass is 421 g/mol. The van der Waals surface area contributed by atoms with E-state index in [1.54, 1.807) is 39.9 Å². The highest BCUT2D eigenvalue weighted by atomic mass is 32.1. The summed E-state index contributed by atoms with van der Waals surface area (Å²) in [6.45, 7) is 6.01. The molecule has 0 bridgehead atoms. The molecular formula is C20H27N3O5S. The molecule has 0 unspecified atom stereocenters. The third kappa shape index (κ3) is 5.68. The molecule has 0 aliphatic rings. The molecule has 0 spiro atoms. The number of carbonyl (C=O) groups is 3. The van der Waals surface area contributed by atoms with Crippen molar-refractivity contribution in [1.29, 1.82) is 0 Å². The number of thiophene rings is 1. The lowest BCUT2D eigenvalue weighted by atomic mass is 10.1. The van der Waals surface area contributed by atoms with Gasteiger partial charge in [-0.25, -0.2) is 4.79 Å². The van der Waals surface area contributed by atoms with Crippen LogP contribution in [0.15, 0.2) is 16.5 Å². The maximum atomic E-state index is 12.6. The van der Waals surface area contributed by atoms with Gasteiger partial charge in [-0.15, -0.1) is 11.3 Å². The second kappa shape index (κ2) is 9.71. The molecule has 2 aromatic heterocycles. The third-order valence-corrected chi connectivity index (χ3v) is 5.31. The number of carbonyl (C=O) groups excluding carboxylic acids is 3. The van der Waals surface area contributed by atoms with Crippen LogP contribution in [-0.2, 0) is 16.1 Å². The van der Waals surface area contributed by atoms with Gasteiger partial charge in [0.15, 0.2) is 0 Å². The second-order valence-electron chi connectivity index (χ2n) is 6.91. The number of amides is 2. The summed E-state index contributed by atoms with van der Waals surface area (Å²) in [6.07, 6.45) is 0. The van der Waals surface area contributed by atoms with Gasteiger partial charge in [0.1, 0.15) is 16.5 Å². The number of nitrogens with one attached hydrogen (secondary N) is 1. The van der Waals surface area contributed by atoms with E-state index < -0.39 is 5.97 Å². The van der Waals surface area contributed by atoms with Gasteiger partial charge in [0.25, 0.3) is 5.91 Å². The molecule has 0 atom stereocenters. The molecule has 158 valence electrons. The second-order valence-corrected chi connectivity index (χ2v) is 7.93. The van der Waals surface area contributed by atoms with Crippen LogP contribution < -0.4 is 5.32 Å². The summed E-state index contributed by atoms with van der Waals surface area (Å²) < 4.78 is 10.6. The van der Waals surface area contributed by atoms with Gasteiger partial charge >= 0.3 is 5.97 Å². The smallest absolute Gasteiger partial charge is 0.341 e. The minimum Gasteiger partial charge on any atom is -0.465 e. The first kappa shape index (κ1) is 22.6. The van der Waals surface area contributed by atoms with E-state index in [1.165, 1.54) is 4.90 Å². The Hall–Kier alpha value is -2.65. The zero-order valence-corrected chi connectivity index (χ0v) is 18.4. The largest absolute Gasteiger partial charge is 0.465 e. The number of hydrogen-bond donors (Lipinski definition) is 1. The van der Waals surface area contributed by atoms with E-state index >= 15 is 0 Å². The van der Waals surface area contributed by atoms with Crippen LogP contribution in [0.25, 0.3) is 0 Å². The van der Waals surface area contributed by atoms with E-state index in [2.05, 4.69) is 5.32 Å². The summed E-state index contributed by atoms with van der Waals surface area (Å²) in [5.41, 5.74) is 0.724. The van der Waals surface area contributed by atoms with Crippen LogP contribution in [0.1, 0.15) is 44.0 Å². The molecule has 2 heterocycles. The van der Waals surface area contributed by atoms with Gasteiger partial charge in [-0.05, 0) is 45.5 Å². The van der Waals surface area contributed by atoms with Crippen molar-refractivity contribution in [3.05, 3.63) is 39.7 Å². The van der Waals surface area contributed by atoms with Crippen molar-refractivity contribution in [2.45, 2.75) is 27.3 Å². The van der Waals surface area contributed by atoms with Crippen LogP contribution in [0.5, 0.6) is 0 Å². The van der Waals surface area contributed by atoms with E-state index in [9.17, 15) is 14.4 Å². The lowest BCUT2D eigenvalue weighted by Crippen LogP contribution is -2.30. The van der Waals surface area contributed by atoms with Crippen molar-refractivity contribution in [3.8, 4) is 0 Å².